The third-order valence-electron chi connectivity index (χ3n) is 12.6. The highest BCUT2D eigenvalue weighted by molar-refractivity contribution is 7.13. The number of ether oxygens (including phenoxy) is 1. The lowest BCUT2D eigenvalue weighted by Gasteiger charge is -2.35. The van der Waals surface area contributed by atoms with Crippen LogP contribution in [0, 0.1) is 0 Å². The van der Waals surface area contributed by atoms with E-state index in [2.05, 4.69) is 48.2 Å². The first-order valence-electron chi connectivity index (χ1n) is 22.8. The summed E-state index contributed by atoms with van der Waals surface area (Å²) in [5.41, 5.74) is 5.11. The number of fused-ring (bicyclic) bond motifs is 2. The first-order valence-corrected chi connectivity index (χ1v) is 23.7. The number of hydrogen-bond donors (Lipinski definition) is 4. The highest BCUT2D eigenvalue weighted by Crippen LogP contribution is 2.36. The Balaban J connectivity index is 0.678. The molecule has 4 N–H and O–H groups in total. The summed E-state index contributed by atoms with van der Waals surface area (Å²) >= 11 is 1.32. The number of piperazine rings is 1. The number of nitrogens with zero attached hydrogens (tertiary/aromatic N) is 5. The van der Waals surface area contributed by atoms with Crippen LogP contribution in [0.2, 0.25) is 0 Å². The van der Waals surface area contributed by atoms with E-state index in [0.29, 0.717) is 61.8 Å². The molecular formula is C50H49N9O9S. The number of amides is 8. The lowest BCUT2D eigenvalue weighted by Crippen LogP contribution is -2.54. The largest absolute Gasteiger partial charge is 0.483 e. The van der Waals surface area contributed by atoms with Crippen molar-refractivity contribution in [2.45, 2.75) is 44.3 Å². The molecule has 2 saturated heterocycles. The minimum Gasteiger partial charge on any atom is -0.483 e. The molecule has 5 heterocycles. The summed E-state index contributed by atoms with van der Waals surface area (Å²) in [6.07, 6.45) is 2.89. The van der Waals surface area contributed by atoms with Crippen molar-refractivity contribution in [1.82, 2.24) is 35.6 Å². The quantitative estimate of drug-likeness (QED) is 0.0774. The van der Waals surface area contributed by atoms with E-state index in [1.54, 1.807) is 16.5 Å². The molecule has 4 aliphatic rings. The van der Waals surface area contributed by atoms with Gasteiger partial charge in [-0.25, -0.2) is 4.98 Å². The van der Waals surface area contributed by atoms with Gasteiger partial charge in [0.05, 0.1) is 17.7 Å². The number of rotatable bonds is 17. The molecular weight excluding hydrogens is 903 g/mol. The summed E-state index contributed by atoms with van der Waals surface area (Å²) in [6.45, 7) is 3.90. The van der Waals surface area contributed by atoms with Crippen molar-refractivity contribution in [3.63, 3.8) is 0 Å². The molecule has 0 bridgehead atoms. The lowest BCUT2D eigenvalue weighted by atomic mass is 10.00. The number of hydrogen-bond acceptors (Lipinski definition) is 13. The Bertz CT molecular complexity index is 2800. The Morgan fingerprint density at radius 3 is 2.25 bits per heavy atom. The highest BCUT2D eigenvalue weighted by atomic mass is 32.1. The van der Waals surface area contributed by atoms with Crippen LogP contribution in [0.5, 0.6) is 5.75 Å². The van der Waals surface area contributed by atoms with E-state index in [0.717, 1.165) is 40.4 Å². The Morgan fingerprint density at radius 2 is 1.52 bits per heavy atom. The molecule has 8 amide bonds. The van der Waals surface area contributed by atoms with Gasteiger partial charge < -0.3 is 25.2 Å². The molecule has 0 spiro atoms. The van der Waals surface area contributed by atoms with Crippen LogP contribution < -0.4 is 30.9 Å². The molecule has 69 heavy (non-hydrogen) atoms. The molecule has 19 heteroatoms. The van der Waals surface area contributed by atoms with E-state index < -0.39 is 48.2 Å². The Labute approximate surface area is 401 Å². The maximum Gasteiger partial charge on any atom is 0.266 e. The van der Waals surface area contributed by atoms with Gasteiger partial charge in [-0.3, -0.25) is 58.8 Å². The lowest BCUT2D eigenvalue weighted by molar-refractivity contribution is -0.136. The fourth-order valence-corrected chi connectivity index (χ4v) is 9.60. The molecule has 4 aromatic carbocycles. The van der Waals surface area contributed by atoms with E-state index in [1.807, 2.05) is 60.7 Å². The molecule has 0 aliphatic carbocycles. The highest BCUT2D eigenvalue weighted by Gasteiger charge is 2.46. The van der Waals surface area contributed by atoms with Crippen LogP contribution in [0.1, 0.15) is 73.9 Å². The van der Waals surface area contributed by atoms with E-state index in [-0.39, 0.29) is 54.0 Å². The van der Waals surface area contributed by atoms with E-state index in [4.69, 9.17) is 4.74 Å². The van der Waals surface area contributed by atoms with Gasteiger partial charge in [-0.1, -0.05) is 60.7 Å². The topological polar surface area (TPSA) is 220 Å². The second-order valence-electron chi connectivity index (χ2n) is 17.1. The van der Waals surface area contributed by atoms with Crippen molar-refractivity contribution in [2.24, 2.45) is 0 Å². The monoisotopic (exact) mass is 951 g/mol. The average molecular weight is 952 g/mol. The molecule has 9 rings (SSSR count). The van der Waals surface area contributed by atoms with Crippen LogP contribution in [-0.4, -0.2) is 125 Å². The number of unbranched alkanes of at least 4 members (excludes halogenated alkanes) is 1. The summed E-state index contributed by atoms with van der Waals surface area (Å²) in [5.74, 6) is -3.55. The van der Waals surface area contributed by atoms with Gasteiger partial charge in [0, 0.05) is 75.1 Å². The van der Waals surface area contributed by atoms with Crippen molar-refractivity contribution < 1.29 is 43.1 Å². The number of carbonyl (C=O) groups is 8. The van der Waals surface area contributed by atoms with Crippen LogP contribution in [0.15, 0.2) is 103 Å². The summed E-state index contributed by atoms with van der Waals surface area (Å²) in [5, 5.41) is 13.0. The molecule has 0 radical (unpaired) electrons. The summed E-state index contributed by atoms with van der Waals surface area (Å²) in [7, 11) is 0. The number of thiazole rings is 1. The third-order valence-corrected chi connectivity index (χ3v) is 13.3. The van der Waals surface area contributed by atoms with Crippen molar-refractivity contribution >= 4 is 69.4 Å². The Morgan fingerprint density at radius 1 is 0.783 bits per heavy atom. The first-order chi connectivity index (χ1) is 33.5. The van der Waals surface area contributed by atoms with Gasteiger partial charge in [0.25, 0.3) is 29.5 Å². The molecule has 2 atom stereocenters. The molecule has 2 unspecified atom stereocenters. The fraction of sp³-hybridized carbons (Fsp3) is 0.300. The molecule has 18 nitrogen and oxygen atoms in total. The van der Waals surface area contributed by atoms with E-state index in [1.165, 1.54) is 29.5 Å². The Kier molecular flexibility index (Phi) is 13.8. The number of benzene rings is 4. The van der Waals surface area contributed by atoms with Crippen molar-refractivity contribution in [3.8, 4) is 16.9 Å². The van der Waals surface area contributed by atoms with Gasteiger partial charge in [-0.15, -0.1) is 11.3 Å². The summed E-state index contributed by atoms with van der Waals surface area (Å²) in [6, 6.07) is 25.9. The minimum atomic E-state index is -1.11. The fourth-order valence-electron chi connectivity index (χ4n) is 9.07. The van der Waals surface area contributed by atoms with Crippen molar-refractivity contribution in [1.29, 1.82) is 0 Å². The van der Waals surface area contributed by atoms with Gasteiger partial charge in [0.1, 0.15) is 17.8 Å². The summed E-state index contributed by atoms with van der Waals surface area (Å²) in [4.78, 5) is 114. The van der Waals surface area contributed by atoms with Crippen LogP contribution in [-0.2, 0) is 30.5 Å². The zero-order valence-electron chi connectivity index (χ0n) is 37.5. The number of anilines is 2. The number of aromatic nitrogens is 1. The van der Waals surface area contributed by atoms with Crippen molar-refractivity contribution in [3.05, 3.63) is 130 Å². The van der Waals surface area contributed by atoms with Gasteiger partial charge in [-0.2, -0.15) is 0 Å². The molecule has 4 aliphatic heterocycles. The molecule has 2 fully saturated rings. The average Bonchev–Trinajstić information content (AvgIpc) is 4.06. The smallest absolute Gasteiger partial charge is 0.266 e. The second-order valence-corrected chi connectivity index (χ2v) is 18.0. The number of carbonyl (C=O) groups excluding carboxylic acids is 8. The van der Waals surface area contributed by atoms with Gasteiger partial charge in [0.15, 0.2) is 11.7 Å². The minimum absolute atomic E-state index is 0.00215. The SMILES string of the molecule is O=C(COc1cccc2c1C(=O)N(C1CCC(=O)NC1=O)C2=O)NCCCCNC(=O)CN1CCN(c2ccc(-c3ccc4c(c3)C(=O)N(C(C(=O)Nc3nccs3)c3ccccc3)C4)cc2)CC1. The van der Waals surface area contributed by atoms with Gasteiger partial charge >= 0.3 is 0 Å². The third kappa shape index (κ3) is 10.2. The maximum absolute atomic E-state index is 14.0. The molecule has 0 saturated carbocycles. The normalized spacial score (nSPS) is 17.3. The first kappa shape index (κ1) is 46.3. The number of imide groups is 2. The van der Waals surface area contributed by atoms with Crippen LogP contribution in [0.25, 0.3) is 11.1 Å². The zero-order valence-corrected chi connectivity index (χ0v) is 38.3. The number of piperidine rings is 1. The molecule has 354 valence electrons. The van der Waals surface area contributed by atoms with Gasteiger partial charge in [-0.05, 0) is 71.8 Å². The van der Waals surface area contributed by atoms with E-state index >= 15 is 0 Å². The van der Waals surface area contributed by atoms with Gasteiger partial charge in [0.2, 0.25) is 17.7 Å². The predicted octanol–water partition coefficient (Wildman–Crippen LogP) is 3.76. The second kappa shape index (κ2) is 20.6. The maximum atomic E-state index is 14.0. The number of nitrogens with one attached hydrogen (secondary N) is 4. The predicted molar refractivity (Wildman–Crippen MR) is 254 cm³/mol. The van der Waals surface area contributed by atoms with Crippen LogP contribution >= 0.6 is 11.3 Å². The van der Waals surface area contributed by atoms with Crippen LogP contribution in [0.3, 0.4) is 0 Å². The summed E-state index contributed by atoms with van der Waals surface area (Å²) < 4.78 is 5.64. The van der Waals surface area contributed by atoms with Crippen molar-refractivity contribution in [2.75, 3.05) is 62.6 Å². The van der Waals surface area contributed by atoms with E-state index in [9.17, 15) is 38.4 Å². The molecule has 5 aromatic rings. The Hall–Kier alpha value is -7.77. The molecule has 1 aromatic heterocycles. The van der Waals surface area contributed by atoms with Crippen LogP contribution in [0.4, 0.5) is 10.8 Å². The zero-order chi connectivity index (χ0) is 48.0. The standard InChI is InChI=1S/C50H49N9O9S/c60-40-18-17-38(45(63)54-40)59-48(66)36-9-6-10-39(43(36)49(59)67)68-30-42(62)52-20-5-4-19-51-41(61)29-56-22-24-57(25-23-56)35-15-13-31(14-16-35)33-11-12-34-28-58(47(65)37(34)27-33)44(32-7-2-1-3-8-32)46(64)55-50-53-21-26-69-50/h1-3,6-16,21,26-27,38,44H,4-5,17-20,22-25,28-30H2,(H,51,61)(H,52,62)(H,53,55,64)(H,54,60,63).